The summed E-state index contributed by atoms with van der Waals surface area (Å²) in [5.74, 6) is 1.79. The fraction of sp³-hybridized carbons (Fsp3) is 0.667. The lowest BCUT2D eigenvalue weighted by Crippen LogP contribution is -2.47. The van der Waals surface area contributed by atoms with Gasteiger partial charge < -0.3 is 25.0 Å². The van der Waals surface area contributed by atoms with Crippen LogP contribution in [0.3, 0.4) is 0 Å². The predicted octanol–water partition coefficient (Wildman–Crippen LogP) is 1.55. The summed E-state index contributed by atoms with van der Waals surface area (Å²) in [6, 6.07) is 8.36. The molecule has 0 saturated carbocycles. The summed E-state index contributed by atoms with van der Waals surface area (Å²) in [6.45, 7) is 8.15. The number of rotatable bonds is 8. The number of ether oxygens (including phenoxy) is 2. The summed E-state index contributed by atoms with van der Waals surface area (Å²) in [5.41, 5.74) is 1.28. The van der Waals surface area contributed by atoms with Gasteiger partial charge in [-0.2, -0.15) is 0 Å². The van der Waals surface area contributed by atoms with E-state index in [-0.39, 0.29) is 0 Å². The molecular weight excluding hydrogens is 354 g/mol. The Morgan fingerprint density at radius 1 is 1.18 bits per heavy atom. The number of piperazine rings is 1. The zero-order chi connectivity index (χ0) is 19.6. The molecule has 1 atom stereocenters. The fourth-order valence-electron chi connectivity index (χ4n) is 3.77. The van der Waals surface area contributed by atoms with Crippen molar-refractivity contribution in [2.75, 3.05) is 71.5 Å². The summed E-state index contributed by atoms with van der Waals surface area (Å²) in [6.07, 6.45) is 3.76. The van der Waals surface area contributed by atoms with Crippen LogP contribution < -0.4 is 20.3 Å². The van der Waals surface area contributed by atoms with Crippen molar-refractivity contribution >= 4 is 11.6 Å². The van der Waals surface area contributed by atoms with Crippen molar-refractivity contribution in [3.05, 3.63) is 24.3 Å². The van der Waals surface area contributed by atoms with E-state index in [0.29, 0.717) is 6.10 Å². The van der Waals surface area contributed by atoms with Gasteiger partial charge in [0.05, 0.1) is 13.2 Å². The van der Waals surface area contributed by atoms with Crippen LogP contribution in [0.25, 0.3) is 0 Å². The normalized spacial score (nSPS) is 21.0. The van der Waals surface area contributed by atoms with Crippen molar-refractivity contribution in [2.45, 2.75) is 25.4 Å². The van der Waals surface area contributed by atoms with Crippen LogP contribution in [0.1, 0.15) is 19.3 Å². The largest absolute Gasteiger partial charge is 0.497 e. The molecule has 7 heteroatoms. The quantitative estimate of drug-likeness (QED) is 0.400. The van der Waals surface area contributed by atoms with Gasteiger partial charge in [0, 0.05) is 58.6 Å². The van der Waals surface area contributed by atoms with Crippen LogP contribution in [-0.2, 0) is 4.74 Å². The van der Waals surface area contributed by atoms with Gasteiger partial charge in [0.2, 0.25) is 0 Å². The highest BCUT2D eigenvalue weighted by Gasteiger charge is 2.17. The molecule has 3 rings (SSSR count). The first-order valence-corrected chi connectivity index (χ1v) is 10.5. The van der Waals surface area contributed by atoms with Gasteiger partial charge in [-0.25, -0.2) is 0 Å². The average molecular weight is 390 g/mol. The molecule has 2 heterocycles. The van der Waals surface area contributed by atoms with Crippen LogP contribution in [0, 0.1) is 0 Å². The maximum absolute atomic E-state index is 5.64. The van der Waals surface area contributed by atoms with Gasteiger partial charge in [0.1, 0.15) is 5.75 Å². The molecule has 2 saturated heterocycles. The van der Waals surface area contributed by atoms with E-state index in [4.69, 9.17) is 9.47 Å². The number of methoxy groups -OCH3 is 1. The number of nitrogens with zero attached hydrogens (tertiary/aromatic N) is 3. The lowest BCUT2D eigenvalue weighted by atomic mass is 10.2. The second kappa shape index (κ2) is 11.1. The summed E-state index contributed by atoms with van der Waals surface area (Å²) in [4.78, 5) is 9.29. The summed E-state index contributed by atoms with van der Waals surface area (Å²) >= 11 is 0. The third-order valence-corrected chi connectivity index (χ3v) is 5.50. The van der Waals surface area contributed by atoms with Gasteiger partial charge in [-0.3, -0.25) is 9.89 Å². The van der Waals surface area contributed by atoms with Gasteiger partial charge in [0.15, 0.2) is 5.96 Å². The third kappa shape index (κ3) is 6.27. The molecule has 1 aromatic carbocycles. The molecule has 2 aliphatic rings. The first-order chi connectivity index (χ1) is 13.8. The van der Waals surface area contributed by atoms with Crippen molar-refractivity contribution in [3.63, 3.8) is 0 Å². The lowest BCUT2D eigenvalue weighted by molar-refractivity contribution is 0.114. The average Bonchev–Trinajstić information content (AvgIpc) is 3.27. The van der Waals surface area contributed by atoms with E-state index in [2.05, 4.69) is 37.6 Å². The zero-order valence-electron chi connectivity index (χ0n) is 17.3. The molecule has 0 aromatic heterocycles. The van der Waals surface area contributed by atoms with Gasteiger partial charge >= 0.3 is 0 Å². The molecule has 0 spiro atoms. The number of anilines is 1. The zero-order valence-corrected chi connectivity index (χ0v) is 17.3. The number of aliphatic imine (C=N–C) groups is 1. The maximum atomic E-state index is 5.64. The Bertz CT molecular complexity index is 593. The van der Waals surface area contributed by atoms with Crippen LogP contribution in [0.15, 0.2) is 29.3 Å². The molecule has 0 radical (unpaired) electrons. The summed E-state index contributed by atoms with van der Waals surface area (Å²) in [7, 11) is 3.53. The van der Waals surface area contributed by atoms with Crippen LogP contribution in [0.5, 0.6) is 5.75 Å². The van der Waals surface area contributed by atoms with E-state index < -0.39 is 0 Å². The van der Waals surface area contributed by atoms with Gasteiger partial charge in [0.25, 0.3) is 0 Å². The SMILES string of the molecule is CN=C(NCCCN1CCN(c2ccc(OC)cc2)CC1)NCC1CCCO1. The highest BCUT2D eigenvalue weighted by molar-refractivity contribution is 5.79. The minimum Gasteiger partial charge on any atom is -0.497 e. The number of guanidine groups is 1. The molecule has 1 unspecified atom stereocenters. The molecule has 1 aromatic rings. The lowest BCUT2D eigenvalue weighted by Gasteiger charge is -2.36. The minimum atomic E-state index is 0.334. The van der Waals surface area contributed by atoms with Gasteiger partial charge in [-0.1, -0.05) is 0 Å². The molecule has 0 aliphatic carbocycles. The number of benzene rings is 1. The molecule has 7 nitrogen and oxygen atoms in total. The maximum Gasteiger partial charge on any atom is 0.191 e. The van der Waals surface area contributed by atoms with E-state index in [0.717, 1.165) is 77.0 Å². The first-order valence-electron chi connectivity index (χ1n) is 10.5. The van der Waals surface area contributed by atoms with E-state index in [9.17, 15) is 0 Å². The van der Waals surface area contributed by atoms with Crippen LogP contribution in [0.4, 0.5) is 5.69 Å². The number of nitrogens with one attached hydrogen (secondary N) is 2. The Morgan fingerprint density at radius 2 is 1.96 bits per heavy atom. The Kier molecular flexibility index (Phi) is 8.23. The number of hydrogen-bond donors (Lipinski definition) is 2. The molecule has 0 bridgehead atoms. The number of hydrogen-bond acceptors (Lipinski definition) is 5. The second-order valence-electron chi connectivity index (χ2n) is 7.40. The topological polar surface area (TPSA) is 61.4 Å². The molecule has 156 valence electrons. The van der Waals surface area contributed by atoms with Crippen molar-refractivity contribution in [1.82, 2.24) is 15.5 Å². The van der Waals surface area contributed by atoms with E-state index in [1.54, 1.807) is 7.11 Å². The van der Waals surface area contributed by atoms with Gasteiger partial charge in [-0.15, -0.1) is 0 Å². The smallest absolute Gasteiger partial charge is 0.191 e. The molecule has 2 N–H and O–H groups in total. The first kappa shape index (κ1) is 20.7. The van der Waals surface area contributed by atoms with Crippen molar-refractivity contribution in [3.8, 4) is 5.75 Å². The van der Waals surface area contributed by atoms with Crippen LogP contribution in [-0.4, -0.2) is 83.5 Å². The van der Waals surface area contributed by atoms with Crippen molar-refractivity contribution in [1.29, 1.82) is 0 Å². The Balaban J connectivity index is 1.28. The minimum absolute atomic E-state index is 0.334. The summed E-state index contributed by atoms with van der Waals surface area (Å²) in [5, 5.41) is 6.78. The summed E-state index contributed by atoms with van der Waals surface area (Å²) < 4.78 is 10.9. The Labute approximate surface area is 169 Å². The molecular formula is C21H35N5O2. The van der Waals surface area contributed by atoms with E-state index in [1.807, 2.05) is 19.2 Å². The molecule has 2 fully saturated rings. The van der Waals surface area contributed by atoms with E-state index >= 15 is 0 Å². The highest BCUT2D eigenvalue weighted by atomic mass is 16.5. The molecule has 0 amide bonds. The monoisotopic (exact) mass is 389 g/mol. The van der Waals surface area contributed by atoms with Gasteiger partial charge in [-0.05, 0) is 50.1 Å². The molecule has 28 heavy (non-hydrogen) atoms. The van der Waals surface area contributed by atoms with Crippen molar-refractivity contribution in [2.24, 2.45) is 4.99 Å². The predicted molar refractivity (Wildman–Crippen MR) is 115 cm³/mol. The second-order valence-corrected chi connectivity index (χ2v) is 7.40. The van der Waals surface area contributed by atoms with Crippen LogP contribution >= 0.6 is 0 Å². The molecule has 2 aliphatic heterocycles. The highest BCUT2D eigenvalue weighted by Crippen LogP contribution is 2.20. The standard InChI is InChI=1S/C21H35N5O2/c1-22-21(24-17-20-5-3-16-28-20)23-10-4-11-25-12-14-26(15-13-25)18-6-8-19(27-2)9-7-18/h6-9,20H,3-5,10-17H2,1-2H3,(H2,22,23,24). The van der Waals surface area contributed by atoms with Crippen LogP contribution in [0.2, 0.25) is 0 Å². The Morgan fingerprint density at radius 3 is 2.61 bits per heavy atom. The van der Waals surface area contributed by atoms with E-state index in [1.165, 1.54) is 12.1 Å². The Hall–Kier alpha value is -1.99. The fourth-order valence-corrected chi connectivity index (χ4v) is 3.77. The van der Waals surface area contributed by atoms with Crippen molar-refractivity contribution < 1.29 is 9.47 Å². The third-order valence-electron chi connectivity index (χ3n) is 5.50.